The average Bonchev–Trinajstić information content (AvgIpc) is 2.77. The number of benzene rings is 2. The monoisotopic (exact) mass is 412 g/mol. The molecule has 2 aromatic rings. The van der Waals surface area contributed by atoms with Crippen molar-refractivity contribution in [3.8, 4) is 17.2 Å². The van der Waals surface area contributed by atoms with Crippen molar-refractivity contribution in [2.45, 2.75) is 13.8 Å². The summed E-state index contributed by atoms with van der Waals surface area (Å²) in [5.74, 6) is 1.55. The first-order valence-corrected chi connectivity index (χ1v) is 9.85. The van der Waals surface area contributed by atoms with Gasteiger partial charge in [0.05, 0.1) is 20.3 Å². The molecule has 7 nitrogen and oxygen atoms in total. The van der Waals surface area contributed by atoms with Crippen LogP contribution < -0.4 is 24.8 Å². The van der Waals surface area contributed by atoms with E-state index < -0.39 is 0 Å². The molecular formula is C23H28N2O5. The molecule has 2 rings (SSSR count). The number of amides is 2. The molecule has 0 heterocycles. The van der Waals surface area contributed by atoms with E-state index in [0.717, 1.165) is 5.56 Å². The van der Waals surface area contributed by atoms with Crippen LogP contribution in [0.5, 0.6) is 17.2 Å². The summed E-state index contributed by atoms with van der Waals surface area (Å²) in [6, 6.07) is 12.3. The zero-order valence-electron chi connectivity index (χ0n) is 17.6. The minimum atomic E-state index is -0.249. The number of methoxy groups -OCH3 is 1. The molecule has 0 atom stereocenters. The van der Waals surface area contributed by atoms with Crippen LogP contribution in [0.3, 0.4) is 0 Å². The highest BCUT2D eigenvalue weighted by atomic mass is 16.5. The smallest absolute Gasteiger partial charge is 0.251 e. The van der Waals surface area contributed by atoms with Gasteiger partial charge in [-0.15, -0.1) is 0 Å². The largest absolute Gasteiger partial charge is 0.497 e. The fourth-order valence-electron chi connectivity index (χ4n) is 2.61. The number of carbonyl (C=O) groups is 2. The van der Waals surface area contributed by atoms with E-state index in [9.17, 15) is 9.59 Å². The molecule has 0 fully saturated rings. The van der Waals surface area contributed by atoms with Gasteiger partial charge in [-0.25, -0.2) is 0 Å². The molecule has 0 spiro atoms. The molecule has 2 N–H and O–H groups in total. The number of rotatable bonds is 11. The third kappa shape index (κ3) is 7.16. The molecule has 0 saturated heterocycles. The Bertz CT molecular complexity index is 862. The predicted molar refractivity (Wildman–Crippen MR) is 116 cm³/mol. The lowest BCUT2D eigenvalue weighted by molar-refractivity contribution is -0.116. The van der Waals surface area contributed by atoms with Crippen LogP contribution in [-0.2, 0) is 4.79 Å². The summed E-state index contributed by atoms with van der Waals surface area (Å²) < 4.78 is 16.2. The van der Waals surface area contributed by atoms with Gasteiger partial charge in [-0.3, -0.25) is 9.59 Å². The lowest BCUT2D eigenvalue weighted by Crippen LogP contribution is -2.33. The molecule has 0 aliphatic carbocycles. The summed E-state index contributed by atoms with van der Waals surface area (Å²) >= 11 is 0. The van der Waals surface area contributed by atoms with Gasteiger partial charge >= 0.3 is 0 Å². The molecule has 160 valence electrons. The summed E-state index contributed by atoms with van der Waals surface area (Å²) in [7, 11) is 1.57. The third-order valence-corrected chi connectivity index (χ3v) is 4.06. The van der Waals surface area contributed by atoms with Gasteiger partial charge in [0, 0.05) is 24.7 Å². The van der Waals surface area contributed by atoms with Gasteiger partial charge in [0.1, 0.15) is 5.75 Å². The summed E-state index contributed by atoms with van der Waals surface area (Å²) in [5.41, 5.74) is 1.35. The fourth-order valence-corrected chi connectivity index (χ4v) is 2.61. The first-order valence-electron chi connectivity index (χ1n) is 9.85. The van der Waals surface area contributed by atoms with E-state index in [2.05, 4.69) is 10.6 Å². The van der Waals surface area contributed by atoms with E-state index in [1.165, 1.54) is 6.08 Å². The van der Waals surface area contributed by atoms with Gasteiger partial charge in [0.2, 0.25) is 5.91 Å². The summed E-state index contributed by atoms with van der Waals surface area (Å²) in [5, 5.41) is 5.49. The standard InChI is InChI=1S/C23H28N2O5/c1-4-29-20-12-6-17(16-21(20)30-5-2)7-13-22(26)24-14-15-25-23(27)18-8-10-19(28-3)11-9-18/h6-13,16H,4-5,14-15H2,1-3H3,(H,24,26)(H,25,27). The SMILES string of the molecule is CCOc1ccc(C=CC(=O)NCCNC(=O)c2ccc(OC)cc2)cc1OCC. The van der Waals surface area contributed by atoms with E-state index in [1.54, 1.807) is 37.5 Å². The quantitative estimate of drug-likeness (QED) is 0.438. The normalized spacial score (nSPS) is 10.5. The molecule has 30 heavy (non-hydrogen) atoms. The summed E-state index contributed by atoms with van der Waals surface area (Å²) in [4.78, 5) is 24.1. The Labute approximate surface area is 177 Å². The van der Waals surface area contributed by atoms with Crippen LogP contribution in [0, 0.1) is 0 Å². The molecule has 2 aromatic carbocycles. The Morgan fingerprint density at radius 3 is 2.23 bits per heavy atom. The maximum Gasteiger partial charge on any atom is 0.251 e. The molecule has 7 heteroatoms. The van der Waals surface area contributed by atoms with E-state index in [0.29, 0.717) is 49.1 Å². The molecule has 0 aromatic heterocycles. The van der Waals surface area contributed by atoms with E-state index in [4.69, 9.17) is 14.2 Å². The lowest BCUT2D eigenvalue weighted by Gasteiger charge is -2.11. The minimum absolute atomic E-state index is 0.208. The summed E-state index contributed by atoms with van der Waals surface area (Å²) in [6.07, 6.45) is 3.14. The molecule has 0 aliphatic rings. The van der Waals surface area contributed by atoms with Crippen LogP contribution >= 0.6 is 0 Å². The third-order valence-electron chi connectivity index (χ3n) is 4.06. The van der Waals surface area contributed by atoms with Crippen molar-refractivity contribution in [1.29, 1.82) is 0 Å². The van der Waals surface area contributed by atoms with Crippen molar-refractivity contribution < 1.29 is 23.8 Å². The molecule has 0 aliphatic heterocycles. The van der Waals surface area contributed by atoms with Crippen molar-refractivity contribution in [1.82, 2.24) is 10.6 Å². The van der Waals surface area contributed by atoms with Crippen molar-refractivity contribution in [3.63, 3.8) is 0 Å². The van der Waals surface area contributed by atoms with Crippen LogP contribution in [0.1, 0.15) is 29.8 Å². The topological polar surface area (TPSA) is 85.9 Å². The Hall–Kier alpha value is -3.48. The van der Waals surface area contributed by atoms with Gasteiger partial charge in [-0.2, -0.15) is 0 Å². The minimum Gasteiger partial charge on any atom is -0.497 e. The number of ether oxygens (including phenoxy) is 3. The van der Waals surface area contributed by atoms with Crippen molar-refractivity contribution >= 4 is 17.9 Å². The molecule has 0 saturated carbocycles. The van der Waals surface area contributed by atoms with Gasteiger partial charge < -0.3 is 24.8 Å². The van der Waals surface area contributed by atoms with Crippen LogP contribution in [-0.4, -0.2) is 45.2 Å². The maximum atomic E-state index is 12.1. The lowest BCUT2D eigenvalue weighted by atomic mass is 10.2. The second-order valence-electron chi connectivity index (χ2n) is 6.18. The highest BCUT2D eigenvalue weighted by Crippen LogP contribution is 2.28. The van der Waals surface area contributed by atoms with Crippen LogP contribution in [0.4, 0.5) is 0 Å². The zero-order valence-corrected chi connectivity index (χ0v) is 17.6. The van der Waals surface area contributed by atoms with Gasteiger partial charge in [0.15, 0.2) is 11.5 Å². The van der Waals surface area contributed by atoms with Gasteiger partial charge in [-0.1, -0.05) is 6.07 Å². The number of nitrogens with one attached hydrogen (secondary N) is 2. The van der Waals surface area contributed by atoms with Gasteiger partial charge in [0.25, 0.3) is 5.91 Å². The Morgan fingerprint density at radius 2 is 1.57 bits per heavy atom. The maximum absolute atomic E-state index is 12.1. The van der Waals surface area contributed by atoms with E-state index >= 15 is 0 Å². The van der Waals surface area contributed by atoms with Gasteiger partial charge in [-0.05, 0) is 61.9 Å². The predicted octanol–water partition coefficient (Wildman–Crippen LogP) is 3.05. The number of hydrogen-bond donors (Lipinski definition) is 2. The molecule has 0 radical (unpaired) electrons. The Morgan fingerprint density at radius 1 is 0.900 bits per heavy atom. The number of hydrogen-bond acceptors (Lipinski definition) is 5. The number of carbonyl (C=O) groups excluding carboxylic acids is 2. The van der Waals surface area contributed by atoms with Crippen LogP contribution in [0.25, 0.3) is 6.08 Å². The van der Waals surface area contributed by atoms with Crippen molar-refractivity contribution in [2.75, 3.05) is 33.4 Å². The molecule has 0 bridgehead atoms. The highest BCUT2D eigenvalue weighted by Gasteiger charge is 2.06. The first-order chi connectivity index (χ1) is 14.6. The Kier molecular flexibility index (Phi) is 9.24. The average molecular weight is 412 g/mol. The van der Waals surface area contributed by atoms with Crippen LogP contribution in [0.15, 0.2) is 48.5 Å². The zero-order chi connectivity index (χ0) is 21.8. The highest BCUT2D eigenvalue weighted by molar-refractivity contribution is 5.94. The van der Waals surface area contributed by atoms with Crippen molar-refractivity contribution in [2.24, 2.45) is 0 Å². The fraction of sp³-hybridized carbons (Fsp3) is 0.304. The second kappa shape index (κ2) is 12.2. The first kappa shape index (κ1) is 22.8. The Balaban J connectivity index is 1.79. The molecule has 0 unspecified atom stereocenters. The van der Waals surface area contributed by atoms with Crippen LogP contribution in [0.2, 0.25) is 0 Å². The van der Waals surface area contributed by atoms with E-state index in [1.807, 2.05) is 32.0 Å². The summed E-state index contributed by atoms with van der Waals surface area (Å²) in [6.45, 7) is 5.52. The molecular weight excluding hydrogens is 384 g/mol. The second-order valence-corrected chi connectivity index (χ2v) is 6.18. The molecule has 2 amide bonds. The van der Waals surface area contributed by atoms with Crippen molar-refractivity contribution in [3.05, 3.63) is 59.7 Å². The van der Waals surface area contributed by atoms with E-state index in [-0.39, 0.29) is 11.8 Å².